The Morgan fingerprint density at radius 2 is 0.625 bits per heavy atom. The van der Waals surface area contributed by atoms with Crippen molar-refractivity contribution < 1.29 is 9.47 Å². The Balaban J connectivity index is 1.02. The first-order valence-electron chi connectivity index (χ1n) is 24.3. The van der Waals surface area contributed by atoms with E-state index >= 15 is 0 Å². The molecular weight excluding hydrogens is 913 g/mol. The molecule has 0 atom stereocenters. The Labute approximate surface area is 424 Å². The van der Waals surface area contributed by atoms with Gasteiger partial charge in [0.2, 0.25) is 0 Å². The van der Waals surface area contributed by atoms with Crippen molar-refractivity contribution in [2.45, 2.75) is 0 Å². The Morgan fingerprint density at radius 1 is 0.236 bits per heavy atom. The summed E-state index contributed by atoms with van der Waals surface area (Å²) in [5.74, 6) is 3.01. The fraction of sp³-hybridized carbons (Fsp3) is 0. The van der Waals surface area contributed by atoms with Crippen LogP contribution in [-0.2, 0) is 0 Å². The van der Waals surface area contributed by atoms with E-state index in [9.17, 15) is 0 Å². The van der Waals surface area contributed by atoms with Crippen molar-refractivity contribution in [1.29, 1.82) is 0 Å². The maximum Gasteiger partial charge on any atom is 0.136 e. The van der Waals surface area contributed by atoms with Crippen LogP contribution in [0.1, 0.15) is 0 Å². The van der Waals surface area contributed by atoms with Gasteiger partial charge in [0.25, 0.3) is 0 Å². The minimum Gasteiger partial charge on any atom is -0.456 e. The minimum absolute atomic E-state index is 0.734. The highest BCUT2D eigenvalue weighted by atomic mass is 32.1. The van der Waals surface area contributed by atoms with E-state index in [0.29, 0.717) is 0 Å². The molecule has 0 aliphatic rings. The van der Waals surface area contributed by atoms with Crippen LogP contribution in [0.5, 0.6) is 23.0 Å². The molecule has 2 heterocycles. The normalized spacial score (nSPS) is 11.6. The van der Waals surface area contributed by atoms with E-state index in [1.807, 2.05) is 22.7 Å². The standard InChI is InChI=1S/C68H42O2S2/c1-3-17-43(18-4-1)49-21-7-11-29-59(49)69-61-39-35-45-41-47(53-25-15-27-57-55-23-9-13-31-63(55)71-67(53)57)33-37-51(45)65(61)66-52-38-34-48(54-26-16-28-58-56-24-10-14-32-64(56)72-68(54)58)42-46(52)36-40-62(66)70-60-30-12-8-22-50(60)44-19-5-2-6-20-44/h1-42H. The molecule has 0 radical (unpaired) electrons. The molecule has 0 saturated carbocycles. The number of hydrogen-bond acceptors (Lipinski definition) is 4. The SMILES string of the molecule is c1ccc(-c2ccccc2Oc2ccc3cc(-c4cccc5c4sc4ccccc45)ccc3c2-c2c(Oc3ccccc3-c3ccccc3)ccc3cc(-c4cccc5c4sc4ccccc45)ccc23)cc1. The van der Waals surface area contributed by atoms with E-state index in [2.05, 4.69) is 255 Å². The Hall–Kier alpha value is -8.80. The molecular formula is C68H42O2S2. The van der Waals surface area contributed by atoms with Crippen LogP contribution in [0, 0.1) is 0 Å². The van der Waals surface area contributed by atoms with Gasteiger partial charge in [0.1, 0.15) is 23.0 Å². The molecule has 12 aromatic carbocycles. The van der Waals surface area contributed by atoms with Crippen LogP contribution in [0.3, 0.4) is 0 Å². The summed E-state index contributed by atoms with van der Waals surface area (Å²) >= 11 is 3.72. The van der Waals surface area contributed by atoms with Crippen LogP contribution in [-0.4, -0.2) is 0 Å². The fourth-order valence-electron chi connectivity index (χ4n) is 10.7. The fourth-order valence-corrected chi connectivity index (χ4v) is 13.1. The van der Waals surface area contributed by atoms with Crippen molar-refractivity contribution in [3.05, 3.63) is 255 Å². The average Bonchev–Trinajstić information content (AvgIpc) is 4.03. The number of rotatable bonds is 9. The quantitative estimate of drug-likeness (QED) is 0.144. The van der Waals surface area contributed by atoms with Crippen LogP contribution in [0.15, 0.2) is 255 Å². The summed E-state index contributed by atoms with van der Waals surface area (Å²) in [7, 11) is 0. The molecule has 72 heavy (non-hydrogen) atoms. The molecule has 338 valence electrons. The lowest BCUT2D eigenvalue weighted by Crippen LogP contribution is -1.97. The molecule has 0 N–H and O–H groups in total. The zero-order valence-corrected chi connectivity index (χ0v) is 40.5. The second-order valence-corrected chi connectivity index (χ2v) is 20.3. The van der Waals surface area contributed by atoms with Gasteiger partial charge in [-0.15, -0.1) is 22.7 Å². The van der Waals surface area contributed by atoms with Gasteiger partial charge in [0.05, 0.1) is 0 Å². The summed E-state index contributed by atoms with van der Waals surface area (Å²) < 4.78 is 19.8. The molecule has 0 unspecified atom stereocenters. The second-order valence-electron chi connectivity index (χ2n) is 18.2. The lowest BCUT2D eigenvalue weighted by molar-refractivity contribution is 0.480. The predicted molar refractivity (Wildman–Crippen MR) is 307 cm³/mol. The predicted octanol–water partition coefficient (Wildman–Crippen LogP) is 20.6. The van der Waals surface area contributed by atoms with Crippen LogP contribution >= 0.6 is 22.7 Å². The van der Waals surface area contributed by atoms with E-state index in [1.165, 1.54) is 62.6 Å². The highest BCUT2D eigenvalue weighted by Crippen LogP contribution is 2.51. The van der Waals surface area contributed by atoms with Gasteiger partial charge >= 0.3 is 0 Å². The Kier molecular flexibility index (Phi) is 10.3. The van der Waals surface area contributed by atoms with Gasteiger partial charge in [0, 0.05) is 62.6 Å². The smallest absolute Gasteiger partial charge is 0.136 e. The summed E-state index contributed by atoms with van der Waals surface area (Å²) in [5.41, 5.74) is 10.9. The minimum atomic E-state index is 0.734. The average molecular weight is 955 g/mol. The molecule has 0 bridgehead atoms. The topological polar surface area (TPSA) is 18.5 Å². The van der Waals surface area contributed by atoms with Gasteiger partial charge in [-0.25, -0.2) is 0 Å². The Bertz CT molecular complexity index is 4110. The van der Waals surface area contributed by atoms with Crippen molar-refractivity contribution >= 4 is 84.6 Å². The van der Waals surface area contributed by atoms with Crippen molar-refractivity contribution in [2.75, 3.05) is 0 Å². The first kappa shape index (κ1) is 42.1. The highest BCUT2D eigenvalue weighted by molar-refractivity contribution is 7.26. The number of ether oxygens (including phenoxy) is 2. The van der Waals surface area contributed by atoms with E-state index in [4.69, 9.17) is 9.47 Å². The zero-order valence-electron chi connectivity index (χ0n) is 38.9. The van der Waals surface area contributed by atoms with E-state index in [1.54, 1.807) is 0 Å². The van der Waals surface area contributed by atoms with Crippen molar-refractivity contribution in [2.24, 2.45) is 0 Å². The van der Waals surface area contributed by atoms with Crippen molar-refractivity contribution in [3.63, 3.8) is 0 Å². The third-order valence-electron chi connectivity index (χ3n) is 14.0. The second kappa shape index (κ2) is 17.6. The van der Waals surface area contributed by atoms with Crippen LogP contribution < -0.4 is 9.47 Å². The maximum atomic E-state index is 7.33. The molecule has 4 heteroatoms. The van der Waals surface area contributed by atoms with Gasteiger partial charge in [-0.1, -0.05) is 206 Å². The molecule has 0 aliphatic heterocycles. The summed E-state index contributed by atoms with van der Waals surface area (Å²) in [5, 5.41) is 9.48. The number of para-hydroxylation sites is 2. The lowest BCUT2D eigenvalue weighted by atomic mass is 9.89. The molecule has 2 nitrogen and oxygen atoms in total. The Morgan fingerprint density at radius 3 is 1.10 bits per heavy atom. The van der Waals surface area contributed by atoms with Crippen LogP contribution in [0.4, 0.5) is 0 Å². The summed E-state index contributed by atoms with van der Waals surface area (Å²) in [6, 6.07) is 91.1. The number of benzene rings is 12. The highest BCUT2D eigenvalue weighted by Gasteiger charge is 2.24. The van der Waals surface area contributed by atoms with E-state index in [0.717, 1.165) is 77.9 Å². The molecule has 14 rings (SSSR count). The monoisotopic (exact) mass is 954 g/mol. The largest absolute Gasteiger partial charge is 0.456 e. The van der Waals surface area contributed by atoms with Gasteiger partial charge in [-0.05, 0) is 103 Å². The van der Waals surface area contributed by atoms with Gasteiger partial charge in [-0.3, -0.25) is 0 Å². The molecule has 0 fully saturated rings. The molecule has 0 spiro atoms. The first-order chi connectivity index (χ1) is 35.7. The molecule has 0 amide bonds. The summed E-state index contributed by atoms with van der Waals surface area (Å²) in [6.45, 7) is 0. The van der Waals surface area contributed by atoms with Crippen LogP contribution in [0.2, 0.25) is 0 Å². The van der Waals surface area contributed by atoms with Gasteiger partial charge < -0.3 is 9.47 Å². The first-order valence-corrected chi connectivity index (χ1v) is 25.9. The van der Waals surface area contributed by atoms with E-state index in [-0.39, 0.29) is 0 Å². The molecule has 14 aromatic rings. The molecule has 0 aliphatic carbocycles. The number of hydrogen-bond donors (Lipinski definition) is 0. The van der Waals surface area contributed by atoms with Gasteiger partial charge in [-0.2, -0.15) is 0 Å². The maximum absolute atomic E-state index is 7.33. The number of fused-ring (bicyclic) bond motifs is 8. The van der Waals surface area contributed by atoms with Crippen molar-refractivity contribution in [1.82, 2.24) is 0 Å². The van der Waals surface area contributed by atoms with Crippen LogP contribution in [0.25, 0.3) is 118 Å². The summed E-state index contributed by atoms with van der Waals surface area (Å²) in [4.78, 5) is 0. The zero-order chi connectivity index (χ0) is 47.5. The third kappa shape index (κ3) is 7.23. The third-order valence-corrected chi connectivity index (χ3v) is 16.5. The molecule has 2 aromatic heterocycles. The van der Waals surface area contributed by atoms with E-state index < -0.39 is 0 Å². The summed E-state index contributed by atoms with van der Waals surface area (Å²) in [6.07, 6.45) is 0. The van der Waals surface area contributed by atoms with Gasteiger partial charge in [0.15, 0.2) is 0 Å². The molecule has 0 saturated heterocycles. The van der Waals surface area contributed by atoms with Crippen molar-refractivity contribution in [3.8, 4) is 78.6 Å². The number of thiophene rings is 2. The lowest BCUT2D eigenvalue weighted by Gasteiger charge is -2.22.